The first-order chi connectivity index (χ1) is 16.7. The molecule has 4 heterocycles. The minimum absolute atomic E-state index is 0.144. The molecule has 9 nitrogen and oxygen atoms in total. The van der Waals surface area contributed by atoms with Crippen LogP contribution in [0.1, 0.15) is 44.6 Å². The Morgan fingerprint density at radius 3 is 2.82 bits per heavy atom. The quantitative estimate of drug-likeness (QED) is 0.372. The van der Waals surface area contributed by atoms with Gasteiger partial charge in [0.2, 0.25) is 5.88 Å². The second kappa shape index (κ2) is 8.92. The molecule has 180 valence electrons. The lowest BCUT2D eigenvalue weighted by Crippen LogP contribution is -2.64. The van der Waals surface area contributed by atoms with E-state index in [9.17, 15) is 14.0 Å². The van der Waals surface area contributed by atoms with Crippen molar-refractivity contribution in [2.45, 2.75) is 75.5 Å². The fourth-order valence-corrected chi connectivity index (χ4v) is 4.80. The molecule has 33 heavy (non-hydrogen) atoms. The van der Waals surface area contributed by atoms with E-state index in [1.165, 1.54) is 0 Å². The van der Waals surface area contributed by atoms with Gasteiger partial charge in [-0.15, -0.1) is 0 Å². The summed E-state index contributed by atoms with van der Waals surface area (Å²) < 4.78 is 50.7. The molecule has 2 aromatic heterocycles. The van der Waals surface area contributed by atoms with Gasteiger partial charge in [0.05, 0.1) is 12.1 Å². The van der Waals surface area contributed by atoms with Gasteiger partial charge in [-0.3, -0.25) is 9.69 Å². The molecule has 1 amide bonds. The molecule has 2 fully saturated rings. The van der Waals surface area contributed by atoms with Crippen LogP contribution >= 0.6 is 23.4 Å². The number of halogens is 2. The van der Waals surface area contributed by atoms with Crippen molar-refractivity contribution in [3.05, 3.63) is 21.3 Å². The van der Waals surface area contributed by atoms with Crippen LogP contribution in [-0.2, 0) is 4.74 Å². The van der Waals surface area contributed by atoms with E-state index in [1.807, 2.05) is 0 Å². The summed E-state index contributed by atoms with van der Waals surface area (Å²) in [5.74, 6) is -1.47. The van der Waals surface area contributed by atoms with E-state index in [1.54, 1.807) is 31.9 Å². The average Bonchev–Trinajstić information content (AvgIpc) is 3.07. The molecule has 2 saturated heterocycles. The Morgan fingerprint density at radius 1 is 1.39 bits per heavy atom. The summed E-state index contributed by atoms with van der Waals surface area (Å²) in [5.41, 5.74) is -1.86. The first-order valence-electron chi connectivity index (χ1n) is 12.0. The largest absolute Gasteiger partial charge is 0.472 e. The van der Waals surface area contributed by atoms with Crippen LogP contribution in [0.5, 0.6) is 5.88 Å². The second-order valence-electron chi connectivity index (χ2n) is 8.98. The van der Waals surface area contributed by atoms with E-state index in [-0.39, 0.29) is 22.1 Å². The number of carbonyl (C=O) groups excluding carboxylic acids is 1. The highest BCUT2D eigenvalue weighted by atomic mass is 35.5. The standard InChI is InChI=1S/C21H27ClFN5O4S/c1-9(14-11-7-6-10(8-24-14)28(11)20(30)32-21(2,3)4)31-18-12-15(13(23)16(22)26-18)25-19(33-5)27-17(12)29/h9-11,14,24H,6-8H2,1-5H3,(H,25,27,29)/t9-,10+,11-,14+/m0/s1/i1D3. The SMILES string of the molecule is [2H]C([2H])([2H])[C@H](Oc1nc(Cl)c(F)c2nc(SC)[nH]c(=O)c12)[C@H]1NC[C@H]2CC[C@@H]1N2C(=O)OC(C)(C)C. The Kier molecular flexibility index (Phi) is 5.48. The third kappa shape index (κ3) is 4.63. The van der Waals surface area contributed by atoms with Gasteiger partial charge in [0.25, 0.3) is 5.56 Å². The lowest BCUT2D eigenvalue weighted by atomic mass is 10.0. The molecule has 0 spiro atoms. The molecule has 0 radical (unpaired) electrons. The summed E-state index contributed by atoms with van der Waals surface area (Å²) >= 11 is 7.05. The summed E-state index contributed by atoms with van der Waals surface area (Å²) in [5, 5.41) is 2.37. The zero-order chi connectivity index (χ0) is 26.6. The van der Waals surface area contributed by atoms with E-state index in [4.69, 9.17) is 25.2 Å². The van der Waals surface area contributed by atoms with Crippen LogP contribution in [0.4, 0.5) is 9.18 Å². The molecule has 0 aromatic carbocycles. The number of H-pyrrole nitrogens is 1. The van der Waals surface area contributed by atoms with Gasteiger partial charge >= 0.3 is 6.09 Å². The van der Waals surface area contributed by atoms with Crippen LogP contribution in [0, 0.1) is 5.82 Å². The molecule has 2 aliphatic rings. The molecule has 4 rings (SSSR count). The van der Waals surface area contributed by atoms with Gasteiger partial charge in [0.1, 0.15) is 22.6 Å². The number of carbonyl (C=O) groups is 1. The number of aromatic amines is 1. The minimum atomic E-state index is -2.71. The fourth-order valence-electron chi connectivity index (χ4n) is 4.26. The highest BCUT2D eigenvalue weighted by molar-refractivity contribution is 7.98. The number of pyridine rings is 1. The van der Waals surface area contributed by atoms with E-state index in [0.717, 1.165) is 11.8 Å². The minimum Gasteiger partial charge on any atom is -0.472 e. The maximum atomic E-state index is 14.7. The van der Waals surface area contributed by atoms with Gasteiger partial charge in [-0.1, -0.05) is 23.4 Å². The second-order valence-corrected chi connectivity index (χ2v) is 10.1. The lowest BCUT2D eigenvalue weighted by molar-refractivity contribution is -0.00492. The number of hydrogen-bond acceptors (Lipinski definition) is 8. The fraction of sp³-hybridized carbons (Fsp3) is 0.619. The van der Waals surface area contributed by atoms with Crippen molar-refractivity contribution < 1.29 is 22.8 Å². The Bertz CT molecular complexity index is 1240. The van der Waals surface area contributed by atoms with Crippen LogP contribution in [0.3, 0.4) is 0 Å². The van der Waals surface area contributed by atoms with Crippen LogP contribution in [0.2, 0.25) is 5.15 Å². The molecule has 2 aliphatic heterocycles. The van der Waals surface area contributed by atoms with Crippen molar-refractivity contribution in [3.8, 4) is 5.88 Å². The van der Waals surface area contributed by atoms with E-state index in [2.05, 4.69) is 20.3 Å². The van der Waals surface area contributed by atoms with Crippen molar-refractivity contribution in [3.63, 3.8) is 0 Å². The summed E-state index contributed by atoms with van der Waals surface area (Å²) in [7, 11) is 0. The summed E-state index contributed by atoms with van der Waals surface area (Å²) in [6, 6.07) is -1.57. The van der Waals surface area contributed by atoms with Gasteiger partial charge in [-0.2, -0.15) is 4.98 Å². The number of thioether (sulfide) groups is 1. The predicted octanol–water partition coefficient (Wildman–Crippen LogP) is 3.34. The number of amides is 1. The number of piperazine rings is 1. The predicted molar refractivity (Wildman–Crippen MR) is 124 cm³/mol. The van der Waals surface area contributed by atoms with Gasteiger partial charge in [-0.25, -0.2) is 14.2 Å². The first kappa shape index (κ1) is 20.3. The zero-order valence-electron chi connectivity index (χ0n) is 21.6. The first-order valence-corrected chi connectivity index (χ1v) is 12.1. The van der Waals surface area contributed by atoms with Crippen molar-refractivity contribution in [2.75, 3.05) is 12.8 Å². The number of hydrogen-bond donors (Lipinski definition) is 2. The smallest absolute Gasteiger partial charge is 0.410 e. The number of ether oxygens (including phenoxy) is 2. The molecule has 0 unspecified atom stereocenters. The molecular formula is C21H27ClFN5O4S. The van der Waals surface area contributed by atoms with Crippen LogP contribution in [0.15, 0.2) is 9.95 Å². The maximum Gasteiger partial charge on any atom is 0.410 e. The number of nitrogens with one attached hydrogen (secondary N) is 2. The summed E-state index contributed by atoms with van der Waals surface area (Å²) in [4.78, 5) is 37.7. The Balaban J connectivity index is 1.75. The normalized spacial score (nSPS) is 25.3. The van der Waals surface area contributed by atoms with E-state index < -0.39 is 59.1 Å². The zero-order valence-corrected chi connectivity index (χ0v) is 20.1. The van der Waals surface area contributed by atoms with Crippen molar-refractivity contribution in [1.82, 2.24) is 25.2 Å². The molecule has 0 aliphatic carbocycles. The molecule has 0 saturated carbocycles. The maximum absolute atomic E-state index is 14.7. The molecule has 2 aromatic rings. The molecule has 2 N–H and O–H groups in total. The van der Waals surface area contributed by atoms with Crippen molar-refractivity contribution >= 4 is 40.4 Å². The highest BCUT2D eigenvalue weighted by Gasteiger charge is 2.48. The molecule has 12 heteroatoms. The van der Waals surface area contributed by atoms with Crippen LogP contribution in [-0.4, -0.2) is 68.6 Å². The van der Waals surface area contributed by atoms with E-state index >= 15 is 0 Å². The molecule has 2 bridgehead atoms. The summed E-state index contributed by atoms with van der Waals surface area (Å²) in [6.07, 6.45) is 0.737. The van der Waals surface area contributed by atoms with Gasteiger partial charge < -0.3 is 19.8 Å². The average molecular weight is 503 g/mol. The van der Waals surface area contributed by atoms with Crippen molar-refractivity contribution in [2.24, 2.45) is 0 Å². The number of nitrogens with zero attached hydrogens (tertiary/aromatic N) is 3. The monoisotopic (exact) mass is 502 g/mol. The number of aromatic nitrogens is 3. The Hall–Kier alpha value is -2.11. The molecular weight excluding hydrogens is 473 g/mol. The third-order valence-electron chi connectivity index (χ3n) is 5.61. The third-order valence-corrected chi connectivity index (χ3v) is 6.44. The number of rotatable bonds is 4. The van der Waals surface area contributed by atoms with E-state index in [0.29, 0.717) is 19.4 Å². The van der Waals surface area contributed by atoms with Crippen molar-refractivity contribution in [1.29, 1.82) is 0 Å². The van der Waals surface area contributed by atoms with Crippen LogP contribution in [0.25, 0.3) is 10.9 Å². The van der Waals surface area contributed by atoms with Gasteiger partial charge in [-0.05, 0) is 46.7 Å². The Morgan fingerprint density at radius 2 is 2.15 bits per heavy atom. The molecule has 4 atom stereocenters. The highest BCUT2D eigenvalue weighted by Crippen LogP contribution is 2.34. The van der Waals surface area contributed by atoms with Gasteiger partial charge in [0, 0.05) is 16.7 Å². The van der Waals surface area contributed by atoms with Gasteiger partial charge in [0.15, 0.2) is 16.1 Å². The lowest BCUT2D eigenvalue weighted by Gasteiger charge is -2.42. The Labute approximate surface area is 204 Å². The van der Waals surface area contributed by atoms with Crippen LogP contribution < -0.4 is 15.6 Å². The number of fused-ring (bicyclic) bond motifs is 3. The summed E-state index contributed by atoms with van der Waals surface area (Å²) in [6.45, 7) is 2.88. The topological polar surface area (TPSA) is 109 Å².